The minimum absolute atomic E-state index is 0.168. The number of nitrogens with zero attached hydrogens (tertiary/aromatic N) is 2. The van der Waals surface area contributed by atoms with Crippen LogP contribution < -0.4 is 4.74 Å². The summed E-state index contributed by atoms with van der Waals surface area (Å²) in [5.41, 5.74) is 4.33. The van der Waals surface area contributed by atoms with E-state index in [9.17, 15) is 9.18 Å². The predicted octanol–water partition coefficient (Wildman–Crippen LogP) is 5.54. The summed E-state index contributed by atoms with van der Waals surface area (Å²) in [6.45, 7) is 2.03. The van der Waals surface area contributed by atoms with E-state index in [0.29, 0.717) is 22.8 Å². The average molecular weight is 421 g/mol. The summed E-state index contributed by atoms with van der Waals surface area (Å²) in [6.07, 6.45) is -0.301. The number of carbonyl (C=O) groups excluding carboxylic acids is 1. The minimum Gasteiger partial charge on any atom is -0.461 e. The molecular weight excluding hydrogens is 403 g/mol. The fraction of sp³-hybridized carbons (Fsp3) is 0.167. The summed E-state index contributed by atoms with van der Waals surface area (Å²) >= 11 is 6.23. The Bertz CT molecular complexity index is 1160. The molecule has 5 rings (SSSR count). The number of ketones is 1. The number of fused-ring (bicyclic) bond motifs is 3. The Balaban J connectivity index is 1.57. The smallest absolute Gasteiger partial charge is 0.251 e. The molecule has 0 bridgehead atoms. The van der Waals surface area contributed by atoms with Gasteiger partial charge in [-0.3, -0.25) is 4.79 Å². The summed E-state index contributed by atoms with van der Waals surface area (Å²) in [5, 5.41) is 7.08. The molecule has 2 heterocycles. The zero-order valence-corrected chi connectivity index (χ0v) is 16.9. The molecule has 0 saturated heterocycles. The average Bonchev–Trinajstić information content (AvgIpc) is 3.19. The lowest BCUT2D eigenvalue weighted by Gasteiger charge is -2.37. The number of Topliss-reactive ketones (excluding diaryl/α,β-unsaturated/α-hetero) is 1. The first kappa shape index (κ1) is 18.8. The number of halogens is 2. The van der Waals surface area contributed by atoms with Crippen LogP contribution in [0.25, 0.3) is 0 Å². The zero-order chi connectivity index (χ0) is 20.8. The fourth-order valence-electron chi connectivity index (χ4n) is 3.91. The standard InChI is InChI=1S/C24H18ClFN2O2/c1-14-2-4-15(5-3-14)20-13-21-19-12-17(25)8-11-22(19)30-24(28(21)27-20)23(29)16-6-9-18(26)10-7-16/h2-12,21,24H,13H2,1H3/t21-,24-/m0/s1. The summed E-state index contributed by atoms with van der Waals surface area (Å²) in [6, 6.07) is 18.8. The first-order valence-corrected chi connectivity index (χ1v) is 10.1. The largest absolute Gasteiger partial charge is 0.461 e. The van der Waals surface area contributed by atoms with Gasteiger partial charge in [0.25, 0.3) is 6.23 Å². The Morgan fingerprint density at radius 2 is 1.83 bits per heavy atom. The van der Waals surface area contributed by atoms with Gasteiger partial charge in [-0.25, -0.2) is 9.40 Å². The number of carbonyl (C=O) groups is 1. The van der Waals surface area contributed by atoms with Crippen LogP contribution in [-0.4, -0.2) is 22.7 Å². The number of rotatable bonds is 3. The van der Waals surface area contributed by atoms with E-state index in [1.807, 2.05) is 37.3 Å². The van der Waals surface area contributed by atoms with Crippen LogP contribution in [0.1, 0.15) is 39.5 Å². The van der Waals surface area contributed by atoms with Crippen molar-refractivity contribution >= 4 is 23.1 Å². The Kier molecular flexibility index (Phi) is 4.55. The third-order valence-corrected chi connectivity index (χ3v) is 5.72. The van der Waals surface area contributed by atoms with E-state index in [0.717, 1.165) is 16.8 Å². The van der Waals surface area contributed by atoms with Gasteiger partial charge in [0.15, 0.2) is 0 Å². The van der Waals surface area contributed by atoms with Crippen LogP contribution in [0.2, 0.25) is 5.02 Å². The molecule has 0 fully saturated rings. The monoisotopic (exact) mass is 420 g/mol. The van der Waals surface area contributed by atoms with Gasteiger partial charge in [-0.1, -0.05) is 41.4 Å². The van der Waals surface area contributed by atoms with Crippen molar-refractivity contribution in [3.63, 3.8) is 0 Å². The maximum atomic E-state index is 13.3. The van der Waals surface area contributed by atoms with E-state index < -0.39 is 12.0 Å². The van der Waals surface area contributed by atoms with Crippen LogP contribution >= 0.6 is 11.6 Å². The number of hydrogen-bond donors (Lipinski definition) is 0. The molecule has 3 aromatic carbocycles. The summed E-state index contributed by atoms with van der Waals surface area (Å²) < 4.78 is 19.4. The van der Waals surface area contributed by atoms with Gasteiger partial charge in [0.05, 0.1) is 11.8 Å². The van der Waals surface area contributed by atoms with Crippen LogP contribution in [0.4, 0.5) is 4.39 Å². The number of hydrogen-bond acceptors (Lipinski definition) is 4. The number of hydrazone groups is 1. The molecule has 0 unspecified atom stereocenters. The highest BCUT2D eigenvalue weighted by molar-refractivity contribution is 6.30. The van der Waals surface area contributed by atoms with E-state index in [2.05, 4.69) is 0 Å². The van der Waals surface area contributed by atoms with Crippen molar-refractivity contribution in [2.75, 3.05) is 0 Å². The maximum absolute atomic E-state index is 13.3. The Labute approximate surface area is 178 Å². The maximum Gasteiger partial charge on any atom is 0.251 e. The highest BCUT2D eigenvalue weighted by Crippen LogP contribution is 2.44. The Hall–Kier alpha value is -3.18. The van der Waals surface area contributed by atoms with Gasteiger partial charge < -0.3 is 4.74 Å². The third kappa shape index (κ3) is 3.25. The molecule has 0 N–H and O–H groups in total. The van der Waals surface area contributed by atoms with E-state index in [4.69, 9.17) is 21.4 Å². The van der Waals surface area contributed by atoms with Crippen molar-refractivity contribution in [3.8, 4) is 5.75 Å². The summed E-state index contributed by atoms with van der Waals surface area (Å²) in [7, 11) is 0. The van der Waals surface area contributed by atoms with Gasteiger partial charge in [0.1, 0.15) is 11.6 Å². The van der Waals surface area contributed by atoms with Crippen molar-refractivity contribution < 1.29 is 13.9 Å². The van der Waals surface area contributed by atoms with Crippen LogP contribution in [0.5, 0.6) is 5.75 Å². The molecule has 3 aromatic rings. The SMILES string of the molecule is Cc1ccc(C2=NN3[C@H](C(=O)c4ccc(F)cc4)Oc4ccc(Cl)cc4[C@@H]3C2)cc1. The quantitative estimate of drug-likeness (QED) is 0.522. The second-order valence-electron chi connectivity index (χ2n) is 7.54. The molecule has 30 heavy (non-hydrogen) atoms. The lowest BCUT2D eigenvalue weighted by Crippen LogP contribution is -2.45. The lowest BCUT2D eigenvalue weighted by molar-refractivity contribution is -0.00455. The van der Waals surface area contributed by atoms with Gasteiger partial charge in [0, 0.05) is 22.6 Å². The number of aryl methyl sites for hydroxylation is 1. The lowest BCUT2D eigenvalue weighted by atomic mass is 9.95. The molecule has 0 aromatic heterocycles. The molecule has 2 atom stereocenters. The predicted molar refractivity (Wildman–Crippen MR) is 114 cm³/mol. The van der Waals surface area contributed by atoms with Crippen molar-refractivity contribution in [2.45, 2.75) is 25.6 Å². The van der Waals surface area contributed by atoms with E-state index in [-0.39, 0.29) is 11.8 Å². The van der Waals surface area contributed by atoms with Crippen LogP contribution in [-0.2, 0) is 0 Å². The van der Waals surface area contributed by atoms with Gasteiger partial charge in [0.2, 0.25) is 5.78 Å². The molecule has 2 aliphatic rings. The van der Waals surface area contributed by atoms with Crippen molar-refractivity contribution in [1.82, 2.24) is 5.01 Å². The van der Waals surface area contributed by atoms with Crippen LogP contribution in [0, 0.1) is 12.7 Å². The molecule has 0 saturated carbocycles. The first-order valence-electron chi connectivity index (χ1n) is 9.68. The van der Waals surface area contributed by atoms with Crippen molar-refractivity contribution in [1.29, 1.82) is 0 Å². The van der Waals surface area contributed by atoms with E-state index in [1.165, 1.54) is 29.8 Å². The second kappa shape index (κ2) is 7.26. The Morgan fingerprint density at radius 3 is 2.57 bits per heavy atom. The van der Waals surface area contributed by atoms with E-state index >= 15 is 0 Å². The highest BCUT2D eigenvalue weighted by Gasteiger charge is 2.43. The topological polar surface area (TPSA) is 41.9 Å². The molecule has 150 valence electrons. The van der Waals surface area contributed by atoms with Crippen LogP contribution in [0.3, 0.4) is 0 Å². The van der Waals surface area contributed by atoms with Crippen molar-refractivity contribution in [2.24, 2.45) is 5.10 Å². The van der Waals surface area contributed by atoms with E-state index in [1.54, 1.807) is 17.1 Å². The molecule has 0 radical (unpaired) electrons. The van der Waals surface area contributed by atoms with Crippen molar-refractivity contribution in [3.05, 3.63) is 99.8 Å². The molecule has 4 nitrogen and oxygen atoms in total. The second-order valence-corrected chi connectivity index (χ2v) is 7.97. The first-order chi connectivity index (χ1) is 14.5. The summed E-state index contributed by atoms with van der Waals surface area (Å²) in [4.78, 5) is 13.2. The molecule has 0 aliphatic carbocycles. The molecule has 0 amide bonds. The van der Waals surface area contributed by atoms with Gasteiger partial charge in [-0.05, 0) is 55.0 Å². The van der Waals surface area contributed by atoms with Gasteiger partial charge in [-0.2, -0.15) is 5.10 Å². The zero-order valence-electron chi connectivity index (χ0n) is 16.2. The minimum atomic E-state index is -0.933. The molecule has 2 aliphatic heterocycles. The molecule has 0 spiro atoms. The van der Waals surface area contributed by atoms with Gasteiger partial charge >= 0.3 is 0 Å². The third-order valence-electron chi connectivity index (χ3n) is 5.49. The van der Waals surface area contributed by atoms with Crippen LogP contribution in [0.15, 0.2) is 71.8 Å². The molecular formula is C24H18ClFN2O2. The number of benzene rings is 3. The normalized spacial score (nSPS) is 19.6. The molecule has 6 heteroatoms. The fourth-order valence-corrected chi connectivity index (χ4v) is 4.09. The Morgan fingerprint density at radius 1 is 1.10 bits per heavy atom. The highest BCUT2D eigenvalue weighted by atomic mass is 35.5. The van der Waals surface area contributed by atoms with Gasteiger partial charge in [-0.15, -0.1) is 0 Å². The summed E-state index contributed by atoms with van der Waals surface area (Å²) in [5.74, 6) is -0.0502. The number of ether oxygens (including phenoxy) is 1.